The molecule has 1 atom stereocenters. The molecule has 10 nitrogen and oxygen atoms in total. The average molecular weight is 507 g/mol. The number of nitrogens with two attached hydrogens (primary N) is 2. The Balaban J connectivity index is 1.68. The monoisotopic (exact) mass is 506 g/mol. The summed E-state index contributed by atoms with van der Waals surface area (Å²) in [4.78, 5) is 35.7. The fraction of sp³-hybridized carbons (Fsp3) is 0.222. The highest BCUT2D eigenvalue weighted by molar-refractivity contribution is 5.94. The molecule has 194 valence electrons. The molecular weight excluding hydrogens is 476 g/mol. The molecular formula is C27H30N4O6. The number of rotatable bonds is 12. The first-order valence-corrected chi connectivity index (χ1v) is 11.7. The Morgan fingerprint density at radius 1 is 1.00 bits per heavy atom. The smallest absolute Gasteiger partial charge is 0.411 e. The van der Waals surface area contributed by atoms with Crippen molar-refractivity contribution in [2.75, 3.05) is 23.8 Å². The third-order valence-electron chi connectivity index (χ3n) is 5.44. The van der Waals surface area contributed by atoms with Crippen LogP contribution < -0.4 is 26.8 Å². The number of carboxylic acid groups (broad SMARTS) is 1. The summed E-state index contributed by atoms with van der Waals surface area (Å²) in [5.41, 5.74) is 14.3. The Kier molecular flexibility index (Phi) is 9.45. The molecule has 0 radical (unpaired) electrons. The summed E-state index contributed by atoms with van der Waals surface area (Å²) in [6.07, 6.45) is -0.241. The van der Waals surface area contributed by atoms with E-state index < -0.39 is 24.0 Å². The van der Waals surface area contributed by atoms with Crippen LogP contribution in [0.25, 0.3) is 0 Å². The normalized spacial score (nSPS) is 11.3. The molecule has 0 saturated carbocycles. The minimum Gasteiger partial charge on any atom is -0.494 e. The number of amides is 2. The number of carbonyl (C=O) groups is 3. The molecule has 37 heavy (non-hydrogen) atoms. The molecule has 0 fully saturated rings. The number of carbonyl (C=O) groups excluding carboxylic acids is 2. The molecule has 3 aromatic carbocycles. The lowest BCUT2D eigenvalue weighted by Gasteiger charge is -2.19. The van der Waals surface area contributed by atoms with Crippen LogP contribution in [-0.2, 0) is 22.5 Å². The van der Waals surface area contributed by atoms with Crippen LogP contribution in [-0.4, -0.2) is 36.3 Å². The number of aliphatic carboxylic acids is 1. The van der Waals surface area contributed by atoms with Crippen molar-refractivity contribution >= 4 is 29.3 Å². The van der Waals surface area contributed by atoms with Gasteiger partial charge in [0, 0.05) is 29.9 Å². The van der Waals surface area contributed by atoms with Gasteiger partial charge in [0.05, 0.1) is 13.2 Å². The molecule has 3 aromatic rings. The third-order valence-corrected chi connectivity index (χ3v) is 5.44. The second kappa shape index (κ2) is 12.9. The Morgan fingerprint density at radius 2 is 1.76 bits per heavy atom. The minimum absolute atomic E-state index is 0.0857. The zero-order chi connectivity index (χ0) is 26.8. The second-order valence-corrected chi connectivity index (χ2v) is 8.08. The Labute approximate surface area is 214 Å². The van der Waals surface area contributed by atoms with Crippen LogP contribution in [0, 0.1) is 0 Å². The van der Waals surface area contributed by atoms with Gasteiger partial charge < -0.3 is 31.4 Å². The number of carboxylic acids is 1. The zero-order valence-corrected chi connectivity index (χ0v) is 20.4. The van der Waals surface area contributed by atoms with Crippen molar-refractivity contribution in [2.24, 2.45) is 11.5 Å². The number of hydrogen-bond donors (Lipinski definition) is 5. The van der Waals surface area contributed by atoms with Crippen molar-refractivity contribution in [2.45, 2.75) is 25.9 Å². The number of nitrogens with one attached hydrogen (secondary N) is 2. The first kappa shape index (κ1) is 27.0. The summed E-state index contributed by atoms with van der Waals surface area (Å²) >= 11 is 0. The van der Waals surface area contributed by atoms with Crippen LogP contribution in [0.15, 0.2) is 66.7 Å². The maximum atomic E-state index is 12.2. The molecule has 0 heterocycles. The van der Waals surface area contributed by atoms with E-state index in [1.807, 2.05) is 13.0 Å². The maximum absolute atomic E-state index is 12.2. The van der Waals surface area contributed by atoms with E-state index in [1.54, 1.807) is 54.6 Å². The molecule has 2 amide bonds. The zero-order valence-electron chi connectivity index (χ0n) is 20.4. The fourth-order valence-corrected chi connectivity index (χ4v) is 3.65. The van der Waals surface area contributed by atoms with E-state index in [0.29, 0.717) is 42.3 Å². The number of ether oxygens (including phenoxy) is 2. The van der Waals surface area contributed by atoms with Gasteiger partial charge in [0.1, 0.15) is 5.75 Å². The summed E-state index contributed by atoms with van der Waals surface area (Å²) in [6.45, 7) is 2.63. The quantitative estimate of drug-likeness (QED) is 0.248. The highest BCUT2D eigenvalue weighted by Gasteiger charge is 2.22. The summed E-state index contributed by atoms with van der Waals surface area (Å²) in [5.74, 6) is -1.24. The predicted octanol–water partition coefficient (Wildman–Crippen LogP) is 3.67. The predicted molar refractivity (Wildman–Crippen MR) is 140 cm³/mol. The van der Waals surface area contributed by atoms with Gasteiger partial charge in [0.15, 0.2) is 6.04 Å². The van der Waals surface area contributed by atoms with Gasteiger partial charge in [-0.05, 0) is 60.0 Å². The molecule has 7 N–H and O–H groups in total. The van der Waals surface area contributed by atoms with E-state index >= 15 is 0 Å². The molecule has 0 saturated heterocycles. The molecule has 0 aliphatic heterocycles. The largest absolute Gasteiger partial charge is 0.494 e. The first-order chi connectivity index (χ1) is 17.8. The van der Waals surface area contributed by atoms with Crippen LogP contribution in [0.3, 0.4) is 0 Å². The SMILES string of the molecule is CCOc1cc(C(Nc2cccc(C(N)=O)c2)C(=O)O)ccc1CCOC(=O)Nc1cccc(CN)c1. The van der Waals surface area contributed by atoms with E-state index in [0.717, 1.165) is 11.1 Å². The highest BCUT2D eigenvalue weighted by Crippen LogP contribution is 2.28. The molecule has 0 spiro atoms. The molecule has 0 bridgehead atoms. The van der Waals surface area contributed by atoms with Gasteiger partial charge >= 0.3 is 12.1 Å². The summed E-state index contributed by atoms with van der Waals surface area (Å²) in [6, 6.07) is 17.4. The van der Waals surface area contributed by atoms with Crippen LogP contribution in [0.4, 0.5) is 16.2 Å². The van der Waals surface area contributed by atoms with Crippen molar-refractivity contribution in [3.63, 3.8) is 0 Å². The van der Waals surface area contributed by atoms with E-state index in [1.165, 1.54) is 6.07 Å². The minimum atomic E-state index is -1.11. The Morgan fingerprint density at radius 3 is 2.46 bits per heavy atom. The van der Waals surface area contributed by atoms with E-state index in [4.69, 9.17) is 20.9 Å². The van der Waals surface area contributed by atoms with Crippen molar-refractivity contribution in [3.05, 3.63) is 89.0 Å². The number of hydrogen-bond acceptors (Lipinski definition) is 7. The third kappa shape index (κ3) is 7.71. The Bertz CT molecular complexity index is 1260. The second-order valence-electron chi connectivity index (χ2n) is 8.08. The summed E-state index contributed by atoms with van der Waals surface area (Å²) in [5, 5.41) is 15.4. The van der Waals surface area contributed by atoms with Crippen molar-refractivity contribution in [1.29, 1.82) is 0 Å². The van der Waals surface area contributed by atoms with Gasteiger partial charge in [0.2, 0.25) is 5.91 Å². The molecule has 0 aromatic heterocycles. The lowest BCUT2D eigenvalue weighted by molar-refractivity contribution is -0.138. The van der Waals surface area contributed by atoms with Crippen LogP contribution in [0.5, 0.6) is 5.75 Å². The van der Waals surface area contributed by atoms with Gasteiger partial charge in [0.25, 0.3) is 0 Å². The fourth-order valence-electron chi connectivity index (χ4n) is 3.65. The van der Waals surface area contributed by atoms with Gasteiger partial charge in [-0.25, -0.2) is 9.59 Å². The maximum Gasteiger partial charge on any atom is 0.411 e. The van der Waals surface area contributed by atoms with Gasteiger partial charge in [-0.15, -0.1) is 0 Å². The van der Waals surface area contributed by atoms with Gasteiger partial charge in [-0.1, -0.05) is 30.3 Å². The summed E-state index contributed by atoms with van der Waals surface area (Å²) < 4.78 is 11.0. The van der Waals surface area contributed by atoms with Gasteiger partial charge in [-0.3, -0.25) is 10.1 Å². The lowest BCUT2D eigenvalue weighted by atomic mass is 10.0. The molecule has 0 aliphatic carbocycles. The van der Waals surface area contributed by atoms with Crippen LogP contribution in [0.1, 0.15) is 40.0 Å². The van der Waals surface area contributed by atoms with Gasteiger partial charge in [-0.2, -0.15) is 0 Å². The molecule has 3 rings (SSSR count). The van der Waals surface area contributed by atoms with E-state index in [-0.39, 0.29) is 12.2 Å². The molecule has 10 heteroatoms. The Hall–Kier alpha value is -4.57. The number of primary amides is 1. The standard InChI is InChI=1S/C27H30N4O6/c1-2-36-23-15-19(24(26(33)34)30-22-8-4-6-20(14-22)25(29)32)10-9-18(23)11-12-37-27(35)31-21-7-3-5-17(13-21)16-28/h3-10,13-15,24,30H,2,11-12,16,28H2,1H3,(H2,29,32)(H,31,35)(H,33,34). The molecule has 0 aliphatic rings. The topological polar surface area (TPSA) is 166 Å². The highest BCUT2D eigenvalue weighted by atomic mass is 16.5. The van der Waals surface area contributed by atoms with E-state index in [2.05, 4.69) is 10.6 Å². The first-order valence-electron chi connectivity index (χ1n) is 11.7. The van der Waals surface area contributed by atoms with Crippen molar-refractivity contribution < 1.29 is 29.0 Å². The molecule has 1 unspecified atom stereocenters. The van der Waals surface area contributed by atoms with E-state index in [9.17, 15) is 19.5 Å². The lowest BCUT2D eigenvalue weighted by Crippen LogP contribution is -2.21. The average Bonchev–Trinajstić information content (AvgIpc) is 2.88. The van der Waals surface area contributed by atoms with Crippen molar-refractivity contribution in [3.8, 4) is 5.75 Å². The van der Waals surface area contributed by atoms with Crippen molar-refractivity contribution in [1.82, 2.24) is 0 Å². The number of benzene rings is 3. The number of anilines is 2. The van der Waals surface area contributed by atoms with Crippen LogP contribution in [0.2, 0.25) is 0 Å². The summed E-state index contributed by atoms with van der Waals surface area (Å²) in [7, 11) is 0. The van der Waals surface area contributed by atoms with Crippen LogP contribution >= 0.6 is 0 Å².